The molecule has 0 aliphatic carbocycles. The Labute approximate surface area is 236 Å². The highest BCUT2D eigenvalue weighted by Crippen LogP contribution is 2.33. The number of nitrogens with zero attached hydrogens (tertiary/aromatic N) is 5. The third-order valence-electron chi connectivity index (χ3n) is 6.16. The summed E-state index contributed by atoms with van der Waals surface area (Å²) in [5.74, 6) is 1.06. The van der Waals surface area contributed by atoms with Crippen molar-refractivity contribution in [2.45, 2.75) is 0 Å². The van der Waals surface area contributed by atoms with Crippen molar-refractivity contribution in [3.63, 3.8) is 0 Å². The summed E-state index contributed by atoms with van der Waals surface area (Å²) < 4.78 is 0. The van der Waals surface area contributed by atoms with Crippen LogP contribution in [0.15, 0.2) is 132 Å². The van der Waals surface area contributed by atoms with Gasteiger partial charge >= 0.3 is 0 Å². The van der Waals surface area contributed by atoms with Crippen LogP contribution >= 0.6 is 11.6 Å². The van der Waals surface area contributed by atoms with Gasteiger partial charge in [-0.3, -0.25) is 4.90 Å². The summed E-state index contributed by atoms with van der Waals surface area (Å²) in [7, 11) is 0. The Bertz CT molecular complexity index is 1730. The van der Waals surface area contributed by atoms with Crippen LogP contribution < -0.4 is 15.6 Å². The molecule has 0 atom stereocenters. The minimum Gasteiger partial charge on any atom is -0.323 e. The van der Waals surface area contributed by atoms with Crippen LogP contribution in [0.2, 0.25) is 5.02 Å². The fraction of sp³-hybridized carbons (Fsp3) is 0. The highest BCUT2D eigenvalue weighted by atomic mass is 35.5. The van der Waals surface area contributed by atoms with E-state index in [1.54, 1.807) is 6.21 Å². The Balaban J connectivity index is 1.44. The summed E-state index contributed by atoms with van der Waals surface area (Å²) in [5, 5.41) is 10.5. The molecule has 0 aliphatic rings. The summed E-state index contributed by atoms with van der Waals surface area (Å²) >= 11 is 6.29. The second kappa shape index (κ2) is 11.6. The second-order valence-electron chi connectivity index (χ2n) is 8.83. The molecule has 6 aromatic rings. The molecule has 0 saturated carbocycles. The smallest absolute Gasteiger partial charge is 0.250 e. The van der Waals surface area contributed by atoms with Gasteiger partial charge in [0.1, 0.15) is 0 Å². The van der Waals surface area contributed by atoms with Gasteiger partial charge in [0.05, 0.1) is 6.21 Å². The lowest BCUT2D eigenvalue weighted by molar-refractivity contribution is 1.00. The fourth-order valence-electron chi connectivity index (χ4n) is 4.30. The van der Waals surface area contributed by atoms with Gasteiger partial charge in [-0.1, -0.05) is 103 Å². The van der Waals surface area contributed by atoms with Crippen molar-refractivity contribution in [2.75, 3.05) is 15.6 Å². The average molecular weight is 542 g/mol. The van der Waals surface area contributed by atoms with Gasteiger partial charge in [-0.15, -0.1) is 0 Å². The van der Waals surface area contributed by atoms with Gasteiger partial charge in [0, 0.05) is 33.0 Å². The molecule has 1 heterocycles. The lowest BCUT2D eigenvalue weighted by atomic mass is 10.1. The van der Waals surface area contributed by atoms with E-state index in [0.29, 0.717) is 16.9 Å². The molecular formula is C32H24ClN7. The second-order valence-corrected chi connectivity index (χ2v) is 9.24. The maximum absolute atomic E-state index is 6.29. The Hall–Kier alpha value is -5.27. The summed E-state index contributed by atoms with van der Waals surface area (Å²) in [6.45, 7) is 0. The van der Waals surface area contributed by atoms with E-state index in [0.717, 1.165) is 33.4 Å². The number of fused-ring (bicyclic) bond motifs is 1. The van der Waals surface area contributed by atoms with Crippen LogP contribution in [0.1, 0.15) is 5.56 Å². The third-order valence-corrected chi connectivity index (χ3v) is 6.51. The summed E-state index contributed by atoms with van der Waals surface area (Å²) in [6, 6.07) is 41.6. The Morgan fingerprint density at radius 2 is 1.25 bits per heavy atom. The van der Waals surface area contributed by atoms with Crippen molar-refractivity contribution < 1.29 is 0 Å². The highest BCUT2D eigenvalue weighted by molar-refractivity contribution is 6.33. The number of hydrogen-bond donors (Lipinski definition) is 2. The average Bonchev–Trinajstić information content (AvgIpc) is 3.00. The molecule has 0 radical (unpaired) electrons. The molecule has 40 heavy (non-hydrogen) atoms. The minimum absolute atomic E-state index is 0.271. The van der Waals surface area contributed by atoms with E-state index in [1.165, 1.54) is 0 Å². The zero-order chi connectivity index (χ0) is 27.1. The van der Waals surface area contributed by atoms with Gasteiger partial charge in [0.25, 0.3) is 0 Å². The number of rotatable bonds is 8. The number of hydrazone groups is 1. The largest absolute Gasteiger partial charge is 0.323 e. The highest BCUT2D eigenvalue weighted by Gasteiger charge is 2.18. The SMILES string of the molecule is Clc1ccccc1/C=N/Nc1nc(Nc2cccc3ccccc23)nc(N(c2ccccc2)c2ccccc2)n1. The zero-order valence-electron chi connectivity index (χ0n) is 21.3. The third kappa shape index (κ3) is 5.60. The standard InChI is InChI=1S/C32H24ClN7/c33-28-20-10-8-13-24(28)22-34-39-31-36-30(35-29-21-11-14-23-12-7-9-19-27(23)29)37-32(38-31)40(25-15-3-1-4-16-25)26-17-5-2-6-18-26/h1-22H,(H2,35,36,37,38,39)/b34-22+. The number of hydrogen-bond acceptors (Lipinski definition) is 7. The molecule has 0 amide bonds. The number of halogens is 1. The first-order valence-corrected chi connectivity index (χ1v) is 13.1. The maximum atomic E-state index is 6.29. The molecule has 6 rings (SSSR count). The Morgan fingerprint density at radius 3 is 2.00 bits per heavy atom. The molecule has 5 aromatic carbocycles. The van der Waals surface area contributed by atoms with E-state index in [9.17, 15) is 0 Å². The molecule has 8 heteroatoms. The van der Waals surface area contributed by atoms with Crippen LogP contribution in [-0.2, 0) is 0 Å². The summed E-state index contributed by atoms with van der Waals surface area (Å²) in [4.78, 5) is 16.2. The van der Waals surface area contributed by atoms with E-state index in [1.807, 2.05) is 114 Å². The van der Waals surface area contributed by atoms with Crippen molar-refractivity contribution in [1.29, 1.82) is 0 Å². The molecule has 0 fully saturated rings. The molecule has 7 nitrogen and oxygen atoms in total. The Kier molecular flexibility index (Phi) is 7.28. The number of nitrogens with one attached hydrogen (secondary N) is 2. The van der Waals surface area contributed by atoms with Crippen molar-refractivity contribution in [3.8, 4) is 0 Å². The predicted octanol–water partition coefficient (Wildman–Crippen LogP) is 8.34. The molecule has 0 saturated heterocycles. The first-order chi connectivity index (χ1) is 19.7. The molecule has 0 aliphatic heterocycles. The van der Waals surface area contributed by atoms with Crippen LogP contribution in [0.3, 0.4) is 0 Å². The molecule has 2 N–H and O–H groups in total. The number of anilines is 6. The van der Waals surface area contributed by atoms with Gasteiger partial charge in [-0.2, -0.15) is 20.1 Å². The first kappa shape index (κ1) is 25.0. The van der Waals surface area contributed by atoms with Crippen molar-refractivity contribution in [3.05, 3.63) is 138 Å². The monoisotopic (exact) mass is 541 g/mol. The topological polar surface area (TPSA) is 78.3 Å². The number of aromatic nitrogens is 3. The normalized spacial score (nSPS) is 11.0. The van der Waals surface area contributed by atoms with Crippen LogP contribution in [-0.4, -0.2) is 21.2 Å². The Morgan fingerprint density at radius 1 is 0.625 bits per heavy atom. The van der Waals surface area contributed by atoms with Crippen molar-refractivity contribution >= 4 is 63.5 Å². The van der Waals surface area contributed by atoms with E-state index < -0.39 is 0 Å². The first-order valence-electron chi connectivity index (χ1n) is 12.7. The van der Waals surface area contributed by atoms with Crippen LogP contribution in [0, 0.1) is 0 Å². The van der Waals surface area contributed by atoms with E-state index in [2.05, 4.69) is 39.0 Å². The maximum Gasteiger partial charge on any atom is 0.250 e. The van der Waals surface area contributed by atoms with Gasteiger partial charge in [0.2, 0.25) is 17.8 Å². The number of para-hydroxylation sites is 2. The quantitative estimate of drug-likeness (QED) is 0.149. The van der Waals surface area contributed by atoms with Crippen LogP contribution in [0.25, 0.3) is 10.8 Å². The van der Waals surface area contributed by atoms with Gasteiger partial charge in [-0.25, -0.2) is 5.43 Å². The predicted molar refractivity (Wildman–Crippen MR) is 164 cm³/mol. The fourth-order valence-corrected chi connectivity index (χ4v) is 4.48. The molecule has 194 valence electrons. The molecule has 1 aromatic heterocycles. The zero-order valence-corrected chi connectivity index (χ0v) is 22.1. The molecule has 0 unspecified atom stereocenters. The summed E-state index contributed by atoms with van der Waals surface area (Å²) in [6.07, 6.45) is 1.63. The lowest BCUT2D eigenvalue weighted by Gasteiger charge is -2.23. The van der Waals surface area contributed by atoms with Gasteiger partial charge in [0.15, 0.2) is 0 Å². The van der Waals surface area contributed by atoms with Crippen molar-refractivity contribution in [1.82, 2.24) is 15.0 Å². The van der Waals surface area contributed by atoms with E-state index in [4.69, 9.17) is 21.6 Å². The summed E-state index contributed by atoms with van der Waals surface area (Å²) in [5.41, 5.74) is 6.43. The van der Waals surface area contributed by atoms with E-state index >= 15 is 0 Å². The lowest BCUT2D eigenvalue weighted by Crippen LogP contribution is -2.16. The molecular weight excluding hydrogens is 518 g/mol. The molecule has 0 bridgehead atoms. The van der Waals surface area contributed by atoms with E-state index in [-0.39, 0.29) is 5.95 Å². The minimum atomic E-state index is 0.271. The molecule has 0 spiro atoms. The van der Waals surface area contributed by atoms with Crippen molar-refractivity contribution in [2.24, 2.45) is 5.10 Å². The number of benzene rings is 5. The van der Waals surface area contributed by atoms with Crippen LogP contribution in [0.4, 0.5) is 34.9 Å². The van der Waals surface area contributed by atoms with Crippen LogP contribution in [0.5, 0.6) is 0 Å². The van der Waals surface area contributed by atoms with Gasteiger partial charge in [-0.05, 0) is 41.8 Å². The van der Waals surface area contributed by atoms with Gasteiger partial charge < -0.3 is 5.32 Å².